The molecular weight excluding hydrogens is 964 g/mol. The molecule has 0 radical (unpaired) electrons. The van der Waals surface area contributed by atoms with Crippen molar-refractivity contribution in [2.45, 2.75) is 19.6 Å². The quantitative estimate of drug-likeness (QED) is 0.0149. The van der Waals surface area contributed by atoms with Gasteiger partial charge in [-0.2, -0.15) is 38.3 Å². The summed E-state index contributed by atoms with van der Waals surface area (Å²) in [6, 6.07) is 19.9. The highest BCUT2D eigenvalue weighted by Gasteiger charge is 2.18. The van der Waals surface area contributed by atoms with Gasteiger partial charge in [0.15, 0.2) is 19.7 Å². The Kier molecular flexibility index (Phi) is 15.6. The number of aliphatic hydroxyl groups excluding tert-OH is 2. The Bertz CT molecular complexity index is 3010. The zero-order chi connectivity index (χ0) is 46.1. The molecule has 0 amide bonds. The van der Waals surface area contributed by atoms with E-state index >= 15 is 0 Å². The number of aliphatic hydroxyl groups is 2. The number of nitrogens with zero attached hydrogens (tertiary/aromatic N) is 6. The molecule has 0 aliphatic rings. The van der Waals surface area contributed by atoms with Gasteiger partial charge in [-0.1, -0.05) is 29.3 Å². The van der Waals surface area contributed by atoms with E-state index in [1.54, 1.807) is 12.1 Å². The average Bonchev–Trinajstić information content (AvgIpc) is 3.22. The van der Waals surface area contributed by atoms with Crippen LogP contribution < -0.4 is 21.3 Å². The molecule has 0 saturated carbocycles. The fourth-order valence-corrected chi connectivity index (χ4v) is 9.03. The van der Waals surface area contributed by atoms with Gasteiger partial charge in [0.2, 0.25) is 34.4 Å². The second-order valence-corrected chi connectivity index (χ2v) is 19.7. The van der Waals surface area contributed by atoms with Gasteiger partial charge in [-0.3, -0.25) is 4.55 Å². The summed E-state index contributed by atoms with van der Waals surface area (Å²) in [4.78, 5) is 24.5. The number of sulfone groups is 2. The van der Waals surface area contributed by atoms with E-state index in [1.165, 1.54) is 78.9 Å². The number of anilines is 8. The highest BCUT2D eigenvalue weighted by atomic mass is 35.5. The van der Waals surface area contributed by atoms with Crippen LogP contribution in [-0.2, 0) is 39.2 Å². The molecule has 0 bridgehead atoms. The van der Waals surface area contributed by atoms with Crippen LogP contribution in [0.4, 0.5) is 46.5 Å². The largest absolute Gasteiger partial charge is 0.395 e. The summed E-state index contributed by atoms with van der Waals surface area (Å²) in [6.07, 6.45) is 2.88. The number of nitrogens with one attached hydrogen (secondary N) is 4. The minimum atomic E-state index is -4.83. The summed E-state index contributed by atoms with van der Waals surface area (Å²) >= 11 is 12.9. The lowest BCUT2D eigenvalue weighted by Gasteiger charge is -2.12. The highest BCUT2D eigenvalue weighted by molar-refractivity contribution is 7.94. The number of aromatic nitrogens is 6. The zero-order valence-corrected chi connectivity index (χ0v) is 37.0. The second kappa shape index (κ2) is 20.9. The zero-order valence-electron chi connectivity index (χ0n) is 32.2. The third kappa shape index (κ3) is 13.0. The van der Waals surface area contributed by atoms with Crippen LogP contribution in [0.25, 0.3) is 12.2 Å². The average molecular weight is 996 g/mol. The van der Waals surface area contributed by atoms with Crippen molar-refractivity contribution < 1.29 is 54.6 Å². The molecule has 0 unspecified atom stereocenters. The molecule has 336 valence electrons. The monoisotopic (exact) mass is 994 g/mol. The maximum atomic E-state index is 12.6. The summed E-state index contributed by atoms with van der Waals surface area (Å²) in [7, 11) is -12.2. The molecule has 0 aliphatic heterocycles. The number of benzene rings is 4. The van der Waals surface area contributed by atoms with Crippen LogP contribution in [0, 0.1) is 0 Å². The summed E-state index contributed by atoms with van der Waals surface area (Å²) < 4.78 is 89.0. The first-order valence-corrected chi connectivity index (χ1v) is 24.1. The molecule has 4 aromatic carbocycles. The summed E-state index contributed by atoms with van der Waals surface area (Å²) in [6.45, 7) is -1.05. The molecule has 28 heteroatoms. The van der Waals surface area contributed by atoms with Gasteiger partial charge in [0.1, 0.15) is 4.90 Å². The highest BCUT2D eigenvalue weighted by Crippen LogP contribution is 2.32. The van der Waals surface area contributed by atoms with Gasteiger partial charge in [0, 0.05) is 27.6 Å². The number of hydrogen-bond acceptors (Lipinski definition) is 22. The van der Waals surface area contributed by atoms with Crippen LogP contribution in [0.2, 0.25) is 10.6 Å². The lowest BCUT2D eigenvalue weighted by molar-refractivity contribution is -0.432. The van der Waals surface area contributed by atoms with E-state index in [0.717, 1.165) is 6.07 Å². The van der Waals surface area contributed by atoms with Crippen LogP contribution in [0.5, 0.6) is 0 Å². The maximum absolute atomic E-state index is 12.6. The van der Waals surface area contributed by atoms with Gasteiger partial charge in [-0.05, 0) is 107 Å². The van der Waals surface area contributed by atoms with Gasteiger partial charge >= 0.3 is 0 Å². The van der Waals surface area contributed by atoms with Crippen molar-refractivity contribution in [1.82, 2.24) is 29.9 Å². The van der Waals surface area contributed by atoms with Crippen molar-refractivity contribution in [1.29, 1.82) is 0 Å². The summed E-state index contributed by atoms with van der Waals surface area (Å²) in [5, 5.41) is 41.8. The predicted octanol–water partition coefficient (Wildman–Crippen LogP) is 5.72. The normalized spacial score (nSPS) is 12.0. The third-order valence-electron chi connectivity index (χ3n) is 8.29. The fraction of sp³-hybridized carbons (Fsp3) is 0.111. The van der Waals surface area contributed by atoms with Gasteiger partial charge < -0.3 is 31.5 Å². The molecule has 2 aromatic heterocycles. The molecule has 8 N–H and O–H groups in total. The van der Waals surface area contributed by atoms with Crippen molar-refractivity contribution in [2.75, 3.05) is 46.0 Å². The maximum Gasteiger partial charge on any atom is 0.295 e. The molecule has 0 fully saturated rings. The Balaban J connectivity index is 1.19. The number of hydrogen-bond donors (Lipinski definition) is 8. The molecule has 2 heterocycles. The van der Waals surface area contributed by atoms with Crippen molar-refractivity contribution in [3.63, 3.8) is 0 Å². The Morgan fingerprint density at radius 1 is 0.562 bits per heavy atom. The van der Waals surface area contributed by atoms with Crippen LogP contribution in [0.1, 0.15) is 11.1 Å². The van der Waals surface area contributed by atoms with Crippen LogP contribution in [0.15, 0.2) is 105 Å². The van der Waals surface area contributed by atoms with E-state index in [-0.39, 0.29) is 55.4 Å². The van der Waals surface area contributed by atoms with Gasteiger partial charge in [0.25, 0.3) is 10.1 Å². The molecular formula is C36H32Cl2N10O12S4. The van der Waals surface area contributed by atoms with Crippen LogP contribution in [-0.4, -0.2) is 99.9 Å². The Morgan fingerprint density at radius 2 is 0.953 bits per heavy atom. The predicted molar refractivity (Wildman–Crippen MR) is 236 cm³/mol. The lowest BCUT2D eigenvalue weighted by atomic mass is 10.1. The van der Waals surface area contributed by atoms with Crippen LogP contribution in [0.3, 0.4) is 0 Å². The van der Waals surface area contributed by atoms with E-state index < -0.39 is 59.4 Å². The van der Waals surface area contributed by atoms with E-state index in [0.29, 0.717) is 39.6 Å². The smallest absolute Gasteiger partial charge is 0.295 e. The van der Waals surface area contributed by atoms with E-state index in [4.69, 9.17) is 38.7 Å². The molecule has 6 rings (SSSR count). The fourth-order valence-electron chi connectivity index (χ4n) is 5.43. The van der Waals surface area contributed by atoms with E-state index in [9.17, 15) is 29.8 Å². The van der Waals surface area contributed by atoms with Crippen molar-refractivity contribution in [3.8, 4) is 0 Å². The first kappa shape index (κ1) is 47.8. The Morgan fingerprint density at radius 3 is 1.38 bits per heavy atom. The van der Waals surface area contributed by atoms with Gasteiger partial charge in [0.05, 0.1) is 46.6 Å². The van der Waals surface area contributed by atoms with Crippen molar-refractivity contribution in [3.05, 3.63) is 107 Å². The standard InChI is InChI=1S/C36H32Cl2N10O12S4/c37-31-43-33(39-23-7-11-27(12-8-23)62(52,53)17-15-49)47-35(45-31)41-25-5-3-21(29(19-25)61-60-59-51)1-2-22-4-6-26(20-30(22)64(56,57)58)42-36-46-32(38)44-34(48-36)40-24-9-13-28(14-10-24)63(54,55)18-16-50/h1-14,19-20,49-51H,15-18H2,(H,56,57,58)(H2,39,41,43,45,47)(H2,40,42,44,46,48)/b2-1+. The van der Waals surface area contributed by atoms with Crippen molar-refractivity contribution in [2.24, 2.45) is 0 Å². The SMILES string of the molecule is O=S(=O)(O)c1cc(Nc2nc(Cl)nc(Nc3ccc(S(=O)(=O)CCO)cc3)n2)ccc1/C=C/c1ccc(Nc2nc(Cl)nc(Nc3ccc(S(=O)(=O)CCO)cc3)n2)cc1SOOO. The molecule has 0 atom stereocenters. The van der Waals surface area contributed by atoms with Gasteiger partial charge in [-0.15, -0.1) is 4.33 Å². The molecule has 0 spiro atoms. The second-order valence-electron chi connectivity index (χ2n) is 12.7. The molecule has 22 nitrogen and oxygen atoms in total. The topological polar surface area (TPSA) is 327 Å². The molecule has 0 saturated heterocycles. The molecule has 64 heavy (non-hydrogen) atoms. The molecule has 0 aliphatic carbocycles. The van der Waals surface area contributed by atoms with Gasteiger partial charge in [-0.25, -0.2) is 22.1 Å². The van der Waals surface area contributed by atoms with Crippen molar-refractivity contribution >= 4 is 124 Å². The first-order valence-electron chi connectivity index (χ1n) is 17.8. The van der Waals surface area contributed by atoms with E-state index in [1.807, 2.05) is 0 Å². The van der Waals surface area contributed by atoms with E-state index in [2.05, 4.69) is 60.5 Å². The third-order valence-corrected chi connectivity index (χ3v) is 13.6. The lowest BCUT2D eigenvalue weighted by Crippen LogP contribution is -2.10. The molecule has 6 aromatic rings. The number of halogens is 2. The minimum absolute atomic E-state index is 0.000515. The minimum Gasteiger partial charge on any atom is -0.395 e. The Hall–Kier alpha value is -5.62. The van der Waals surface area contributed by atoms with Crippen LogP contribution >= 0.6 is 35.2 Å². The first-order chi connectivity index (χ1) is 30.4. The summed E-state index contributed by atoms with van der Waals surface area (Å²) in [5.74, 6) is -1.04. The number of rotatable bonds is 20. The Labute approximate surface area is 378 Å². The summed E-state index contributed by atoms with van der Waals surface area (Å²) in [5.41, 5.74) is 1.77.